The molecule has 0 amide bonds. The average Bonchev–Trinajstić information content (AvgIpc) is 2.76. The monoisotopic (exact) mass is 368 g/mol. The number of esters is 1. The second kappa shape index (κ2) is 7.03. The molecule has 9 heteroatoms. The molecule has 8 nitrogen and oxygen atoms in total. The molecule has 2 rings (SSSR count). The van der Waals surface area contributed by atoms with Gasteiger partial charge in [0.1, 0.15) is 13.2 Å². The molecule has 1 aromatic heterocycles. The van der Waals surface area contributed by atoms with Gasteiger partial charge in [-0.25, -0.2) is 4.79 Å². The van der Waals surface area contributed by atoms with Gasteiger partial charge < -0.3 is 14.0 Å². The van der Waals surface area contributed by atoms with E-state index < -0.39 is 42.8 Å². The SMILES string of the molecule is CC(=O)O[C@@H]1[C@H](C)[C@@H](C#CP(C)(C)=O)O[C@H]1n1cc(C)c(=O)[nH]c1=O. The van der Waals surface area contributed by atoms with Gasteiger partial charge in [0, 0.05) is 24.6 Å². The average molecular weight is 368 g/mol. The van der Waals surface area contributed by atoms with Crippen LogP contribution in [0.3, 0.4) is 0 Å². The zero-order chi connectivity index (χ0) is 18.9. The number of carbonyl (C=O) groups is 1. The van der Waals surface area contributed by atoms with Crippen molar-refractivity contribution in [1.29, 1.82) is 0 Å². The summed E-state index contributed by atoms with van der Waals surface area (Å²) < 4.78 is 24.1. The first-order valence-corrected chi connectivity index (χ1v) is 10.3. The lowest BCUT2D eigenvalue weighted by Gasteiger charge is -2.22. The Labute approximate surface area is 144 Å². The molecule has 0 aromatic carbocycles. The van der Waals surface area contributed by atoms with Gasteiger partial charge in [0.15, 0.2) is 12.3 Å². The lowest BCUT2D eigenvalue weighted by Crippen LogP contribution is -2.38. The van der Waals surface area contributed by atoms with E-state index in [1.54, 1.807) is 13.8 Å². The van der Waals surface area contributed by atoms with Crippen molar-refractivity contribution >= 4 is 13.1 Å². The highest BCUT2D eigenvalue weighted by molar-refractivity contribution is 7.67. The van der Waals surface area contributed by atoms with E-state index in [0.717, 1.165) is 0 Å². The summed E-state index contributed by atoms with van der Waals surface area (Å²) in [6.07, 6.45) is -1.01. The van der Waals surface area contributed by atoms with Gasteiger partial charge in [-0.3, -0.25) is 19.1 Å². The van der Waals surface area contributed by atoms with Crippen molar-refractivity contribution in [2.75, 3.05) is 13.3 Å². The molecule has 1 fully saturated rings. The summed E-state index contributed by atoms with van der Waals surface area (Å²) >= 11 is 0. The van der Waals surface area contributed by atoms with Gasteiger partial charge in [-0.15, -0.1) is 0 Å². The van der Waals surface area contributed by atoms with E-state index in [0.29, 0.717) is 5.56 Å². The molecule has 1 saturated heterocycles. The smallest absolute Gasteiger partial charge is 0.330 e. The summed E-state index contributed by atoms with van der Waals surface area (Å²) in [5, 5.41) is 0. The maximum Gasteiger partial charge on any atom is 0.330 e. The van der Waals surface area contributed by atoms with Crippen LogP contribution in [0.5, 0.6) is 0 Å². The molecule has 0 radical (unpaired) electrons. The first kappa shape index (κ1) is 19.2. The fourth-order valence-electron chi connectivity index (χ4n) is 2.52. The predicted octanol–water partition coefficient (Wildman–Crippen LogP) is 0.894. The summed E-state index contributed by atoms with van der Waals surface area (Å²) in [5.74, 6) is 1.93. The van der Waals surface area contributed by atoms with Gasteiger partial charge in [0.25, 0.3) is 5.56 Å². The summed E-state index contributed by atoms with van der Waals surface area (Å²) in [5.41, 5.74) is 1.82. The van der Waals surface area contributed by atoms with Crippen molar-refractivity contribution in [3.63, 3.8) is 0 Å². The fourth-order valence-corrected chi connectivity index (χ4v) is 2.96. The van der Waals surface area contributed by atoms with Crippen molar-refractivity contribution < 1.29 is 18.8 Å². The minimum absolute atomic E-state index is 0.318. The van der Waals surface area contributed by atoms with Gasteiger partial charge in [0.2, 0.25) is 0 Å². The largest absolute Gasteiger partial charge is 0.457 e. The second-order valence-electron chi connectivity index (χ2n) is 6.47. The Hall–Kier alpha value is -2.10. The number of ether oxygens (including phenoxy) is 2. The molecule has 25 heavy (non-hydrogen) atoms. The van der Waals surface area contributed by atoms with E-state index in [2.05, 4.69) is 16.6 Å². The number of nitrogens with one attached hydrogen (secondary N) is 1. The minimum Gasteiger partial charge on any atom is -0.457 e. The maximum absolute atomic E-state index is 12.1. The van der Waals surface area contributed by atoms with Crippen LogP contribution in [0, 0.1) is 24.4 Å². The maximum atomic E-state index is 12.1. The van der Waals surface area contributed by atoms with Crippen molar-refractivity contribution in [3.05, 3.63) is 32.6 Å². The normalized spacial score (nSPS) is 26.0. The zero-order valence-corrected chi connectivity index (χ0v) is 15.6. The number of hydrogen-bond donors (Lipinski definition) is 1. The van der Waals surface area contributed by atoms with E-state index in [9.17, 15) is 18.9 Å². The Bertz CT molecular complexity index is 900. The molecule has 136 valence electrons. The molecule has 1 aromatic rings. The number of carbonyl (C=O) groups excluding carboxylic acids is 1. The third kappa shape index (κ3) is 4.50. The van der Waals surface area contributed by atoms with Crippen LogP contribution in [0.4, 0.5) is 0 Å². The van der Waals surface area contributed by atoms with Crippen molar-refractivity contribution in [1.82, 2.24) is 9.55 Å². The van der Waals surface area contributed by atoms with Crippen molar-refractivity contribution in [3.8, 4) is 11.6 Å². The van der Waals surface area contributed by atoms with Gasteiger partial charge in [-0.1, -0.05) is 12.8 Å². The molecule has 1 aliphatic rings. The summed E-state index contributed by atoms with van der Waals surface area (Å²) in [7, 11) is -2.57. The van der Waals surface area contributed by atoms with Crippen molar-refractivity contribution in [2.24, 2.45) is 5.92 Å². The Morgan fingerprint density at radius 2 is 2.04 bits per heavy atom. The third-order valence-electron chi connectivity index (χ3n) is 3.76. The van der Waals surface area contributed by atoms with Gasteiger partial charge in [-0.2, -0.15) is 0 Å². The number of aryl methyl sites for hydroxylation is 1. The van der Waals surface area contributed by atoms with Gasteiger partial charge >= 0.3 is 11.7 Å². The number of aromatic nitrogens is 2. The van der Waals surface area contributed by atoms with Gasteiger partial charge in [0.05, 0.1) is 0 Å². The highest BCUT2D eigenvalue weighted by Crippen LogP contribution is 2.37. The Balaban J connectivity index is 2.47. The quantitative estimate of drug-likeness (QED) is 0.472. The highest BCUT2D eigenvalue weighted by atomic mass is 31.2. The molecule has 4 atom stereocenters. The van der Waals surface area contributed by atoms with Crippen LogP contribution in [0.25, 0.3) is 0 Å². The number of hydrogen-bond acceptors (Lipinski definition) is 6. The molecule has 0 saturated carbocycles. The van der Waals surface area contributed by atoms with Crippen LogP contribution in [0.2, 0.25) is 0 Å². The molecule has 0 unspecified atom stereocenters. The molecule has 0 aliphatic carbocycles. The van der Waals surface area contributed by atoms with Crippen LogP contribution in [-0.4, -0.2) is 41.1 Å². The number of rotatable bonds is 2. The van der Waals surface area contributed by atoms with E-state index in [4.69, 9.17) is 9.47 Å². The first-order chi connectivity index (χ1) is 11.5. The molecular weight excluding hydrogens is 347 g/mol. The molecule has 1 N–H and O–H groups in total. The Morgan fingerprint density at radius 3 is 2.60 bits per heavy atom. The minimum atomic E-state index is -2.57. The van der Waals surface area contributed by atoms with Crippen LogP contribution >= 0.6 is 7.14 Å². The van der Waals surface area contributed by atoms with Crippen LogP contribution in [0.15, 0.2) is 15.8 Å². The summed E-state index contributed by atoms with van der Waals surface area (Å²) in [6, 6.07) is 0. The second-order valence-corrected chi connectivity index (χ2v) is 9.39. The molecular formula is C16H21N2O6P. The van der Waals surface area contributed by atoms with Crippen LogP contribution < -0.4 is 11.2 Å². The fraction of sp³-hybridized carbons (Fsp3) is 0.562. The summed E-state index contributed by atoms with van der Waals surface area (Å²) in [4.78, 5) is 37.3. The Morgan fingerprint density at radius 1 is 1.40 bits per heavy atom. The lowest BCUT2D eigenvalue weighted by molar-refractivity contribution is -0.153. The highest BCUT2D eigenvalue weighted by Gasteiger charge is 2.45. The third-order valence-corrected chi connectivity index (χ3v) is 4.43. The number of H-pyrrole nitrogens is 1. The van der Waals surface area contributed by atoms with Crippen LogP contribution in [-0.2, 0) is 18.8 Å². The molecule has 1 aliphatic heterocycles. The van der Waals surface area contributed by atoms with E-state index >= 15 is 0 Å². The zero-order valence-electron chi connectivity index (χ0n) is 14.7. The van der Waals surface area contributed by atoms with E-state index in [-0.39, 0.29) is 5.92 Å². The molecule has 0 bridgehead atoms. The number of nitrogens with zero attached hydrogens (tertiary/aromatic N) is 1. The van der Waals surface area contributed by atoms with Crippen LogP contribution in [0.1, 0.15) is 25.6 Å². The standard InChI is InChI=1S/C16H21N2O6P/c1-9-8-18(16(21)17-14(9)20)15-13(23-11(3)19)10(2)12(24-15)6-7-25(4,5)22/h8,10,12-13,15H,1-5H3,(H,17,20,21)/t10-,12-,13-,15-/m1/s1. The lowest BCUT2D eigenvalue weighted by atomic mass is 10.0. The predicted molar refractivity (Wildman–Crippen MR) is 91.9 cm³/mol. The van der Waals surface area contributed by atoms with E-state index in [1.807, 2.05) is 0 Å². The molecule has 2 heterocycles. The molecule has 0 spiro atoms. The first-order valence-electron chi connectivity index (χ1n) is 7.72. The van der Waals surface area contributed by atoms with E-state index in [1.165, 1.54) is 31.0 Å². The Kier molecular flexibility index (Phi) is 5.40. The van der Waals surface area contributed by atoms with Crippen molar-refractivity contribution in [2.45, 2.75) is 39.2 Å². The number of aromatic amines is 1. The topological polar surface area (TPSA) is 107 Å². The summed E-state index contributed by atoms with van der Waals surface area (Å²) in [6.45, 7) is 7.66. The van der Waals surface area contributed by atoms with Gasteiger partial charge in [-0.05, 0) is 25.9 Å².